The van der Waals surface area contributed by atoms with Crippen LogP contribution in [0.4, 0.5) is 0 Å². The molecule has 0 aliphatic rings. The fourth-order valence-electron chi connectivity index (χ4n) is 2.04. The molecular formula is C15H20N2O. The maximum Gasteiger partial charge on any atom is 0.224 e. The van der Waals surface area contributed by atoms with Crippen molar-refractivity contribution in [2.45, 2.75) is 39.7 Å². The van der Waals surface area contributed by atoms with Gasteiger partial charge in [0.15, 0.2) is 0 Å². The van der Waals surface area contributed by atoms with Crippen molar-refractivity contribution in [3.05, 3.63) is 35.5 Å². The van der Waals surface area contributed by atoms with Gasteiger partial charge in [0, 0.05) is 23.1 Å². The van der Waals surface area contributed by atoms with Crippen LogP contribution in [0.5, 0.6) is 0 Å². The molecule has 0 spiro atoms. The Bertz CT molecular complexity index is 557. The van der Waals surface area contributed by atoms with Crippen molar-refractivity contribution in [3.63, 3.8) is 0 Å². The molecule has 3 nitrogen and oxygen atoms in total. The molecule has 1 atom stereocenters. The van der Waals surface area contributed by atoms with E-state index in [0.29, 0.717) is 6.42 Å². The molecule has 0 bridgehead atoms. The van der Waals surface area contributed by atoms with Crippen molar-refractivity contribution < 1.29 is 4.79 Å². The number of aromatic nitrogens is 1. The Kier molecular flexibility index (Phi) is 3.70. The number of benzene rings is 1. The van der Waals surface area contributed by atoms with Gasteiger partial charge >= 0.3 is 0 Å². The molecule has 1 aromatic carbocycles. The monoisotopic (exact) mass is 244 g/mol. The van der Waals surface area contributed by atoms with E-state index in [2.05, 4.69) is 42.3 Å². The highest BCUT2D eigenvalue weighted by Crippen LogP contribution is 2.20. The third kappa shape index (κ3) is 2.73. The van der Waals surface area contributed by atoms with E-state index >= 15 is 0 Å². The number of carbonyl (C=O) groups is 1. The Balaban J connectivity index is 2.16. The summed E-state index contributed by atoms with van der Waals surface area (Å²) in [5, 5.41) is 4.14. The average molecular weight is 244 g/mol. The molecule has 2 N–H and O–H groups in total. The van der Waals surface area contributed by atoms with Crippen LogP contribution in [0.25, 0.3) is 10.9 Å². The molecule has 1 amide bonds. The second-order valence-corrected chi connectivity index (χ2v) is 4.92. The first kappa shape index (κ1) is 12.7. The number of aromatic amines is 1. The lowest BCUT2D eigenvalue weighted by molar-refractivity contribution is -0.121. The van der Waals surface area contributed by atoms with Crippen LogP contribution in [0.2, 0.25) is 0 Å². The summed E-state index contributed by atoms with van der Waals surface area (Å²) in [6.07, 6.45) is 3.33. The topological polar surface area (TPSA) is 44.9 Å². The summed E-state index contributed by atoms with van der Waals surface area (Å²) in [5.41, 5.74) is 3.37. The lowest BCUT2D eigenvalue weighted by Gasteiger charge is -2.10. The predicted molar refractivity (Wildman–Crippen MR) is 74.6 cm³/mol. The van der Waals surface area contributed by atoms with Gasteiger partial charge in [0.25, 0.3) is 0 Å². The van der Waals surface area contributed by atoms with Gasteiger partial charge in [0.1, 0.15) is 0 Å². The molecule has 0 saturated carbocycles. The average Bonchev–Trinajstić information content (AvgIpc) is 2.71. The zero-order chi connectivity index (χ0) is 13.1. The van der Waals surface area contributed by atoms with Crippen molar-refractivity contribution in [1.29, 1.82) is 0 Å². The number of nitrogens with one attached hydrogen (secondary N) is 2. The van der Waals surface area contributed by atoms with E-state index in [1.807, 2.05) is 13.1 Å². The molecular weight excluding hydrogens is 224 g/mol. The highest BCUT2D eigenvalue weighted by Gasteiger charge is 2.10. The smallest absolute Gasteiger partial charge is 0.224 e. The van der Waals surface area contributed by atoms with E-state index < -0.39 is 0 Å². The number of hydrogen-bond donors (Lipinski definition) is 2. The lowest BCUT2D eigenvalue weighted by atomic mass is 10.1. The largest absolute Gasteiger partial charge is 0.361 e. The minimum absolute atomic E-state index is 0.0896. The normalized spacial score (nSPS) is 12.6. The van der Waals surface area contributed by atoms with Crippen LogP contribution < -0.4 is 5.32 Å². The maximum absolute atomic E-state index is 11.9. The second kappa shape index (κ2) is 5.25. The molecule has 2 rings (SSSR count). The van der Waals surface area contributed by atoms with Crippen molar-refractivity contribution >= 4 is 16.8 Å². The summed E-state index contributed by atoms with van der Waals surface area (Å²) < 4.78 is 0. The third-order valence-corrected chi connectivity index (χ3v) is 3.29. The summed E-state index contributed by atoms with van der Waals surface area (Å²) in [5.74, 6) is 0.0896. The van der Waals surface area contributed by atoms with E-state index in [0.717, 1.165) is 22.9 Å². The Labute approximate surface area is 108 Å². The highest BCUT2D eigenvalue weighted by atomic mass is 16.1. The van der Waals surface area contributed by atoms with Crippen LogP contribution in [0.3, 0.4) is 0 Å². The number of fused-ring (bicyclic) bond motifs is 1. The summed E-state index contributed by atoms with van der Waals surface area (Å²) in [4.78, 5) is 15.1. The van der Waals surface area contributed by atoms with E-state index in [-0.39, 0.29) is 11.9 Å². The fraction of sp³-hybridized carbons (Fsp3) is 0.400. The number of carbonyl (C=O) groups excluding carboxylic acids is 1. The molecule has 3 heteroatoms. The summed E-state index contributed by atoms with van der Waals surface area (Å²) in [6, 6.07) is 6.49. The van der Waals surface area contributed by atoms with E-state index in [1.54, 1.807) is 0 Å². The molecule has 1 unspecified atom stereocenters. The molecule has 0 aliphatic heterocycles. The standard InChI is InChI=1S/C15H20N2O/c1-4-11(3)17-15(18)8-12-9-16-14-6-5-10(2)7-13(12)14/h5-7,9,11,16H,4,8H2,1-3H3,(H,17,18). The summed E-state index contributed by atoms with van der Waals surface area (Å²) in [7, 11) is 0. The number of hydrogen-bond acceptors (Lipinski definition) is 1. The maximum atomic E-state index is 11.9. The number of aryl methyl sites for hydroxylation is 1. The van der Waals surface area contributed by atoms with Crippen LogP contribution in [0.15, 0.2) is 24.4 Å². The molecule has 0 fully saturated rings. The minimum atomic E-state index is 0.0896. The van der Waals surface area contributed by atoms with Crippen LogP contribution in [-0.2, 0) is 11.2 Å². The number of H-pyrrole nitrogens is 1. The first-order chi connectivity index (χ1) is 8.60. The number of amides is 1. The zero-order valence-corrected chi connectivity index (χ0v) is 11.2. The predicted octanol–water partition coefficient (Wildman–Crippen LogP) is 2.93. The van der Waals surface area contributed by atoms with E-state index in [9.17, 15) is 4.79 Å². The van der Waals surface area contributed by atoms with E-state index in [1.165, 1.54) is 5.56 Å². The Hall–Kier alpha value is -1.77. The fourth-order valence-corrected chi connectivity index (χ4v) is 2.04. The van der Waals surface area contributed by atoms with Gasteiger partial charge in [-0.05, 0) is 38.0 Å². The van der Waals surface area contributed by atoms with Crippen molar-refractivity contribution in [3.8, 4) is 0 Å². The first-order valence-electron chi connectivity index (χ1n) is 6.46. The Morgan fingerprint density at radius 1 is 1.44 bits per heavy atom. The SMILES string of the molecule is CCC(C)NC(=O)Cc1c[nH]c2ccc(C)cc12. The third-order valence-electron chi connectivity index (χ3n) is 3.29. The molecule has 18 heavy (non-hydrogen) atoms. The second-order valence-electron chi connectivity index (χ2n) is 4.92. The Morgan fingerprint density at radius 2 is 2.22 bits per heavy atom. The number of rotatable bonds is 4. The van der Waals surface area contributed by atoms with Gasteiger partial charge in [-0.15, -0.1) is 0 Å². The summed E-state index contributed by atoms with van der Waals surface area (Å²) >= 11 is 0. The Morgan fingerprint density at radius 3 is 2.94 bits per heavy atom. The van der Waals surface area contributed by atoms with Gasteiger partial charge in [0.05, 0.1) is 6.42 Å². The van der Waals surface area contributed by atoms with Gasteiger partial charge in [-0.2, -0.15) is 0 Å². The van der Waals surface area contributed by atoms with Crippen LogP contribution in [0.1, 0.15) is 31.4 Å². The molecule has 1 aromatic heterocycles. The van der Waals surface area contributed by atoms with Crippen molar-refractivity contribution in [2.75, 3.05) is 0 Å². The van der Waals surface area contributed by atoms with Crippen molar-refractivity contribution in [2.24, 2.45) is 0 Å². The van der Waals surface area contributed by atoms with Gasteiger partial charge in [-0.25, -0.2) is 0 Å². The van der Waals surface area contributed by atoms with E-state index in [4.69, 9.17) is 0 Å². The zero-order valence-electron chi connectivity index (χ0n) is 11.2. The quantitative estimate of drug-likeness (QED) is 0.853. The lowest BCUT2D eigenvalue weighted by Crippen LogP contribution is -2.33. The van der Waals surface area contributed by atoms with Gasteiger partial charge < -0.3 is 10.3 Å². The highest BCUT2D eigenvalue weighted by molar-refractivity contribution is 5.89. The molecule has 96 valence electrons. The molecule has 1 heterocycles. The first-order valence-corrected chi connectivity index (χ1v) is 6.46. The molecule has 2 aromatic rings. The molecule has 0 aliphatic carbocycles. The van der Waals surface area contributed by atoms with Crippen LogP contribution in [-0.4, -0.2) is 16.9 Å². The van der Waals surface area contributed by atoms with Gasteiger partial charge in [-0.1, -0.05) is 18.6 Å². The molecule has 0 radical (unpaired) electrons. The van der Waals surface area contributed by atoms with Crippen LogP contribution in [0, 0.1) is 6.92 Å². The van der Waals surface area contributed by atoms with Gasteiger partial charge in [-0.3, -0.25) is 4.79 Å². The van der Waals surface area contributed by atoms with Gasteiger partial charge in [0.2, 0.25) is 5.91 Å². The molecule has 0 saturated heterocycles. The minimum Gasteiger partial charge on any atom is -0.361 e. The van der Waals surface area contributed by atoms with Crippen molar-refractivity contribution in [1.82, 2.24) is 10.3 Å². The summed E-state index contributed by atoms with van der Waals surface area (Å²) in [6.45, 7) is 6.16. The van der Waals surface area contributed by atoms with Crippen LogP contribution >= 0.6 is 0 Å².